The third-order valence-electron chi connectivity index (χ3n) is 3.13. The Morgan fingerprint density at radius 2 is 1.43 bits per heavy atom. The van der Waals surface area contributed by atoms with E-state index in [1.165, 1.54) is 0 Å². The van der Waals surface area contributed by atoms with Crippen LogP contribution in [0.15, 0.2) is 30.3 Å². The lowest BCUT2D eigenvalue weighted by molar-refractivity contribution is 0.354. The summed E-state index contributed by atoms with van der Waals surface area (Å²) >= 11 is 18.5. The number of benzene rings is 2. The van der Waals surface area contributed by atoms with Crippen molar-refractivity contribution in [1.29, 1.82) is 0 Å². The van der Waals surface area contributed by atoms with Gasteiger partial charge in [-0.15, -0.1) is 0 Å². The monoisotopic (exact) mass is 345 g/mol. The van der Waals surface area contributed by atoms with Crippen LogP contribution in [0.5, 0.6) is 11.5 Å². The van der Waals surface area contributed by atoms with E-state index in [9.17, 15) is 0 Å². The SMILES string of the molecule is COc1cc(Cl)c(C(N)c2cc(Cl)ccc2Cl)cc1OC. The lowest BCUT2D eigenvalue weighted by atomic mass is 9.99. The summed E-state index contributed by atoms with van der Waals surface area (Å²) in [6.45, 7) is 0. The summed E-state index contributed by atoms with van der Waals surface area (Å²) < 4.78 is 10.5. The van der Waals surface area contributed by atoms with E-state index in [1.54, 1.807) is 44.6 Å². The minimum absolute atomic E-state index is 0.469. The van der Waals surface area contributed by atoms with Gasteiger partial charge in [0.05, 0.1) is 20.3 Å². The standard InChI is InChI=1S/C15H14Cl3NO2/c1-20-13-6-10(12(18)7-14(13)21-2)15(19)9-5-8(16)3-4-11(9)17/h3-7,15H,19H2,1-2H3. The third-order valence-corrected chi connectivity index (χ3v) is 4.04. The first-order valence-electron chi connectivity index (χ1n) is 6.10. The van der Waals surface area contributed by atoms with E-state index in [4.69, 9.17) is 50.0 Å². The number of halogens is 3. The topological polar surface area (TPSA) is 44.5 Å². The van der Waals surface area contributed by atoms with Gasteiger partial charge in [0.25, 0.3) is 0 Å². The zero-order chi connectivity index (χ0) is 15.6. The van der Waals surface area contributed by atoms with Crippen molar-refractivity contribution in [2.24, 2.45) is 5.73 Å². The fourth-order valence-electron chi connectivity index (χ4n) is 2.03. The highest BCUT2D eigenvalue weighted by molar-refractivity contribution is 6.34. The lowest BCUT2D eigenvalue weighted by Crippen LogP contribution is -2.13. The molecule has 0 radical (unpaired) electrons. The molecule has 6 heteroatoms. The molecule has 0 saturated carbocycles. The van der Waals surface area contributed by atoms with Gasteiger partial charge in [-0.1, -0.05) is 34.8 Å². The average molecular weight is 347 g/mol. The van der Waals surface area contributed by atoms with Crippen molar-refractivity contribution in [1.82, 2.24) is 0 Å². The molecule has 0 aliphatic carbocycles. The van der Waals surface area contributed by atoms with Gasteiger partial charge in [0.1, 0.15) is 0 Å². The Balaban J connectivity index is 2.52. The van der Waals surface area contributed by atoms with Gasteiger partial charge in [-0.3, -0.25) is 0 Å². The Kier molecular flexibility index (Phi) is 5.22. The Hall–Kier alpha value is -1.13. The van der Waals surface area contributed by atoms with E-state index in [0.717, 1.165) is 0 Å². The van der Waals surface area contributed by atoms with Crippen LogP contribution in [0.25, 0.3) is 0 Å². The summed E-state index contributed by atoms with van der Waals surface area (Å²) in [5.41, 5.74) is 7.65. The maximum atomic E-state index is 6.28. The van der Waals surface area contributed by atoms with Crippen LogP contribution in [0, 0.1) is 0 Å². The van der Waals surface area contributed by atoms with Crippen LogP contribution in [0.2, 0.25) is 15.1 Å². The smallest absolute Gasteiger partial charge is 0.162 e. The molecule has 3 nitrogen and oxygen atoms in total. The molecule has 0 heterocycles. The third kappa shape index (κ3) is 3.38. The second-order valence-electron chi connectivity index (χ2n) is 4.37. The average Bonchev–Trinajstić information content (AvgIpc) is 2.48. The molecule has 0 aliphatic rings. The maximum Gasteiger partial charge on any atom is 0.162 e. The van der Waals surface area contributed by atoms with E-state index in [2.05, 4.69) is 0 Å². The van der Waals surface area contributed by atoms with Crippen LogP contribution < -0.4 is 15.2 Å². The second-order valence-corrected chi connectivity index (χ2v) is 5.62. The zero-order valence-electron chi connectivity index (χ0n) is 11.5. The minimum Gasteiger partial charge on any atom is -0.493 e. The van der Waals surface area contributed by atoms with Crippen LogP contribution in [0.4, 0.5) is 0 Å². The first-order chi connectivity index (χ1) is 9.97. The Bertz CT molecular complexity index is 662. The number of hydrogen-bond acceptors (Lipinski definition) is 3. The molecular weight excluding hydrogens is 333 g/mol. The molecule has 0 aromatic heterocycles. The molecule has 1 atom stereocenters. The molecule has 2 rings (SSSR count). The molecule has 0 spiro atoms. The lowest BCUT2D eigenvalue weighted by Gasteiger charge is -2.18. The normalized spacial score (nSPS) is 12.1. The van der Waals surface area contributed by atoms with Crippen LogP contribution in [-0.2, 0) is 0 Å². The number of hydrogen-bond donors (Lipinski definition) is 1. The number of methoxy groups -OCH3 is 2. The van der Waals surface area contributed by atoms with Gasteiger partial charge in [0.2, 0.25) is 0 Å². The molecule has 2 aromatic carbocycles. The van der Waals surface area contributed by atoms with Gasteiger partial charge in [-0.25, -0.2) is 0 Å². The zero-order valence-corrected chi connectivity index (χ0v) is 13.8. The first kappa shape index (κ1) is 16.2. The van der Waals surface area contributed by atoms with Gasteiger partial charge in [-0.2, -0.15) is 0 Å². The molecule has 0 saturated heterocycles. The predicted octanol–water partition coefficient (Wildman–Crippen LogP) is 4.71. The van der Waals surface area contributed by atoms with E-state index < -0.39 is 6.04 Å². The van der Waals surface area contributed by atoms with Gasteiger partial charge < -0.3 is 15.2 Å². The number of ether oxygens (including phenoxy) is 2. The summed E-state index contributed by atoms with van der Waals surface area (Å²) in [6.07, 6.45) is 0. The van der Waals surface area contributed by atoms with Gasteiger partial charge in [-0.05, 0) is 35.4 Å². The molecule has 0 amide bonds. The van der Waals surface area contributed by atoms with Crippen molar-refractivity contribution in [3.63, 3.8) is 0 Å². The van der Waals surface area contributed by atoms with Crippen LogP contribution in [0.1, 0.15) is 17.2 Å². The van der Waals surface area contributed by atoms with Crippen LogP contribution in [-0.4, -0.2) is 14.2 Å². The summed E-state index contributed by atoms with van der Waals surface area (Å²) in [6, 6.07) is 8.01. The molecule has 0 fully saturated rings. The summed E-state index contributed by atoms with van der Waals surface area (Å²) in [5.74, 6) is 1.08. The molecule has 112 valence electrons. The first-order valence-corrected chi connectivity index (χ1v) is 7.23. The van der Waals surface area contributed by atoms with Crippen molar-refractivity contribution in [3.8, 4) is 11.5 Å². The van der Waals surface area contributed by atoms with Crippen LogP contribution in [0.3, 0.4) is 0 Å². The highest BCUT2D eigenvalue weighted by atomic mass is 35.5. The largest absolute Gasteiger partial charge is 0.493 e. The van der Waals surface area contributed by atoms with E-state index in [-0.39, 0.29) is 0 Å². The number of nitrogens with two attached hydrogens (primary N) is 1. The fourth-order valence-corrected chi connectivity index (χ4v) is 2.72. The number of rotatable bonds is 4. The van der Waals surface area contributed by atoms with Gasteiger partial charge in [0.15, 0.2) is 11.5 Å². The predicted molar refractivity (Wildman–Crippen MR) is 87.0 cm³/mol. The van der Waals surface area contributed by atoms with Crippen LogP contribution >= 0.6 is 34.8 Å². The molecule has 2 aromatic rings. The van der Waals surface area contributed by atoms with Crippen molar-refractivity contribution in [2.75, 3.05) is 14.2 Å². The molecule has 2 N–H and O–H groups in total. The minimum atomic E-state index is -0.525. The summed E-state index contributed by atoms with van der Waals surface area (Å²) in [4.78, 5) is 0. The van der Waals surface area contributed by atoms with Gasteiger partial charge >= 0.3 is 0 Å². The molecule has 0 bridgehead atoms. The van der Waals surface area contributed by atoms with Crippen molar-refractivity contribution < 1.29 is 9.47 Å². The quantitative estimate of drug-likeness (QED) is 0.871. The Morgan fingerprint density at radius 3 is 2.05 bits per heavy atom. The molecule has 21 heavy (non-hydrogen) atoms. The van der Waals surface area contributed by atoms with E-state index in [0.29, 0.717) is 37.7 Å². The van der Waals surface area contributed by atoms with Crippen molar-refractivity contribution in [2.45, 2.75) is 6.04 Å². The maximum absolute atomic E-state index is 6.28. The van der Waals surface area contributed by atoms with Gasteiger partial charge in [0, 0.05) is 21.1 Å². The molecular formula is C15H14Cl3NO2. The molecule has 1 unspecified atom stereocenters. The fraction of sp³-hybridized carbons (Fsp3) is 0.200. The van der Waals surface area contributed by atoms with Crippen molar-refractivity contribution in [3.05, 3.63) is 56.5 Å². The Morgan fingerprint density at radius 1 is 0.857 bits per heavy atom. The highest BCUT2D eigenvalue weighted by Gasteiger charge is 2.19. The summed E-state index contributed by atoms with van der Waals surface area (Å²) in [5, 5.41) is 1.55. The Labute approximate surface area is 138 Å². The van der Waals surface area contributed by atoms with E-state index >= 15 is 0 Å². The molecule has 0 aliphatic heterocycles. The van der Waals surface area contributed by atoms with Crippen molar-refractivity contribution >= 4 is 34.8 Å². The summed E-state index contributed by atoms with van der Waals surface area (Å²) in [7, 11) is 3.09. The second kappa shape index (κ2) is 6.75. The highest BCUT2D eigenvalue weighted by Crippen LogP contribution is 2.38. The van der Waals surface area contributed by atoms with E-state index in [1.807, 2.05) is 0 Å².